The highest BCUT2D eigenvalue weighted by Crippen LogP contribution is 2.36. The molecule has 10 heteroatoms. The third-order valence-corrected chi connectivity index (χ3v) is 8.00. The van der Waals surface area contributed by atoms with Gasteiger partial charge < -0.3 is 10.5 Å². The predicted octanol–water partition coefficient (Wildman–Crippen LogP) is 4.98. The number of anilines is 2. The zero-order chi connectivity index (χ0) is 25.3. The van der Waals surface area contributed by atoms with Crippen LogP contribution in [0.1, 0.15) is 15.2 Å². The monoisotopic (exact) mass is 516 g/mol. The molecule has 0 spiro atoms. The summed E-state index contributed by atoms with van der Waals surface area (Å²) in [5.41, 5.74) is 8.64. The Labute approximate surface area is 211 Å². The number of nitrogens with one attached hydrogen (secondary N) is 1. The molecule has 0 fully saturated rings. The molecule has 0 aliphatic rings. The zero-order valence-corrected chi connectivity index (χ0v) is 20.6. The second-order valence-electron chi connectivity index (χ2n) is 7.80. The highest BCUT2D eigenvalue weighted by molar-refractivity contribution is 7.92. The summed E-state index contributed by atoms with van der Waals surface area (Å²) in [5.74, 6) is 0.653. The quantitative estimate of drug-likeness (QED) is 0.292. The molecule has 3 aromatic heterocycles. The molecule has 0 saturated carbocycles. The van der Waals surface area contributed by atoms with Crippen LogP contribution in [-0.2, 0) is 10.0 Å². The maximum atomic E-state index is 13.2. The van der Waals surface area contributed by atoms with E-state index in [9.17, 15) is 13.2 Å². The van der Waals surface area contributed by atoms with Crippen LogP contribution in [0.3, 0.4) is 0 Å². The number of ether oxygens (including phenoxy) is 1. The fourth-order valence-electron chi connectivity index (χ4n) is 3.62. The van der Waals surface area contributed by atoms with Gasteiger partial charge in [0, 0.05) is 22.7 Å². The number of nitrogens with two attached hydrogens (primary N) is 1. The van der Waals surface area contributed by atoms with Gasteiger partial charge in [0.2, 0.25) is 5.78 Å². The summed E-state index contributed by atoms with van der Waals surface area (Å²) in [6, 6.07) is 21.8. The minimum atomic E-state index is -3.85. The number of thiophene rings is 1. The molecular formula is C26H20N4O4S2. The fourth-order valence-corrected chi connectivity index (χ4v) is 5.69. The molecule has 0 aliphatic heterocycles. The number of hydrogen-bond acceptors (Lipinski definition) is 8. The minimum Gasteiger partial charge on any atom is -0.497 e. The van der Waals surface area contributed by atoms with E-state index in [1.54, 1.807) is 25.3 Å². The summed E-state index contributed by atoms with van der Waals surface area (Å²) >= 11 is 1.21. The van der Waals surface area contributed by atoms with Gasteiger partial charge in [0.1, 0.15) is 21.3 Å². The van der Waals surface area contributed by atoms with Crippen molar-refractivity contribution in [3.8, 4) is 17.0 Å². The smallest absolute Gasteiger partial charge is 0.263 e. The number of ketones is 1. The van der Waals surface area contributed by atoms with E-state index in [0.717, 1.165) is 17.0 Å². The number of nitrogen functional groups attached to an aromatic ring is 1. The van der Waals surface area contributed by atoms with Crippen molar-refractivity contribution in [1.29, 1.82) is 0 Å². The van der Waals surface area contributed by atoms with Crippen molar-refractivity contribution < 1.29 is 17.9 Å². The predicted molar refractivity (Wildman–Crippen MR) is 141 cm³/mol. The molecule has 8 nitrogen and oxygen atoms in total. The zero-order valence-electron chi connectivity index (χ0n) is 19.0. The van der Waals surface area contributed by atoms with Crippen LogP contribution in [0.15, 0.2) is 90.0 Å². The SMILES string of the molecule is COc1ccc(-c2ccc3c(N)c(C(=O)c4ccc(S(=O)(=O)Nc5ccccn5)cc4)sc3n2)cc1. The van der Waals surface area contributed by atoms with Crippen molar-refractivity contribution in [1.82, 2.24) is 9.97 Å². The first-order chi connectivity index (χ1) is 17.4. The number of carbonyl (C=O) groups excluding carboxylic acids is 1. The lowest BCUT2D eigenvalue weighted by molar-refractivity contribution is 0.104. The lowest BCUT2D eigenvalue weighted by atomic mass is 10.1. The van der Waals surface area contributed by atoms with E-state index in [1.807, 2.05) is 36.4 Å². The average molecular weight is 517 g/mol. The van der Waals surface area contributed by atoms with Crippen molar-refractivity contribution >= 4 is 48.9 Å². The fraction of sp³-hybridized carbons (Fsp3) is 0.0385. The Hall–Kier alpha value is -4.28. The molecule has 0 atom stereocenters. The second kappa shape index (κ2) is 9.40. The van der Waals surface area contributed by atoms with Crippen LogP contribution in [-0.4, -0.2) is 31.3 Å². The molecule has 36 heavy (non-hydrogen) atoms. The van der Waals surface area contributed by atoms with Crippen molar-refractivity contribution in [2.75, 3.05) is 17.6 Å². The second-order valence-corrected chi connectivity index (χ2v) is 10.5. The van der Waals surface area contributed by atoms with E-state index in [-0.39, 0.29) is 16.5 Å². The summed E-state index contributed by atoms with van der Waals surface area (Å²) in [6.07, 6.45) is 1.49. The van der Waals surface area contributed by atoms with Crippen LogP contribution in [0, 0.1) is 0 Å². The first-order valence-corrected chi connectivity index (χ1v) is 13.1. The normalized spacial score (nSPS) is 11.4. The first-order valence-electron chi connectivity index (χ1n) is 10.8. The van der Waals surface area contributed by atoms with Gasteiger partial charge in [-0.05, 0) is 72.8 Å². The molecular weight excluding hydrogens is 496 g/mol. The maximum Gasteiger partial charge on any atom is 0.263 e. The van der Waals surface area contributed by atoms with Gasteiger partial charge >= 0.3 is 0 Å². The van der Waals surface area contributed by atoms with Gasteiger partial charge in [0.25, 0.3) is 10.0 Å². The number of aromatic nitrogens is 2. The highest BCUT2D eigenvalue weighted by Gasteiger charge is 2.21. The molecule has 0 saturated heterocycles. The molecule has 180 valence electrons. The first kappa shape index (κ1) is 23.5. The molecule has 0 aliphatic carbocycles. The van der Waals surface area contributed by atoms with Gasteiger partial charge in [-0.2, -0.15) is 0 Å². The lowest BCUT2D eigenvalue weighted by Crippen LogP contribution is -2.14. The minimum absolute atomic E-state index is 0.0137. The van der Waals surface area contributed by atoms with Gasteiger partial charge in [0.15, 0.2) is 0 Å². The average Bonchev–Trinajstić information content (AvgIpc) is 3.24. The van der Waals surface area contributed by atoms with Crippen LogP contribution >= 0.6 is 11.3 Å². The number of hydrogen-bond donors (Lipinski definition) is 2. The Morgan fingerprint density at radius 3 is 2.39 bits per heavy atom. The lowest BCUT2D eigenvalue weighted by Gasteiger charge is -2.07. The van der Waals surface area contributed by atoms with E-state index in [0.29, 0.717) is 26.3 Å². The Balaban J connectivity index is 1.41. The van der Waals surface area contributed by atoms with Crippen molar-refractivity contribution in [2.45, 2.75) is 4.90 Å². The molecule has 5 aromatic rings. The Kier molecular flexibility index (Phi) is 6.13. The Morgan fingerprint density at radius 2 is 1.72 bits per heavy atom. The maximum absolute atomic E-state index is 13.2. The van der Waals surface area contributed by atoms with Crippen molar-refractivity contribution in [2.24, 2.45) is 0 Å². The molecule has 2 aromatic carbocycles. The van der Waals surface area contributed by atoms with Crippen molar-refractivity contribution in [3.63, 3.8) is 0 Å². The van der Waals surface area contributed by atoms with Crippen molar-refractivity contribution in [3.05, 3.63) is 95.5 Å². The Morgan fingerprint density at radius 1 is 0.972 bits per heavy atom. The molecule has 0 bridgehead atoms. The summed E-state index contributed by atoms with van der Waals surface area (Å²) in [6.45, 7) is 0. The third-order valence-electron chi connectivity index (χ3n) is 5.52. The van der Waals surface area contributed by atoms with Gasteiger partial charge in [-0.15, -0.1) is 11.3 Å². The number of nitrogens with zero attached hydrogens (tertiary/aromatic N) is 2. The molecule has 5 rings (SSSR count). The number of sulfonamides is 1. The van der Waals surface area contributed by atoms with Crippen LogP contribution < -0.4 is 15.2 Å². The van der Waals surface area contributed by atoms with Crippen LogP contribution in [0.2, 0.25) is 0 Å². The standard InChI is InChI=1S/C26H20N4O4S2/c1-34-18-9-5-16(6-10-18)21-14-13-20-23(27)25(35-26(20)29-21)24(31)17-7-11-19(12-8-17)36(32,33)30-22-4-2-3-15-28-22/h2-15H,27H2,1H3,(H,28,30). The van der Waals surface area contributed by atoms with E-state index < -0.39 is 10.0 Å². The van der Waals surface area contributed by atoms with E-state index in [2.05, 4.69) is 9.71 Å². The highest BCUT2D eigenvalue weighted by atomic mass is 32.2. The van der Waals surface area contributed by atoms with E-state index in [4.69, 9.17) is 15.5 Å². The number of carbonyl (C=O) groups is 1. The summed E-state index contributed by atoms with van der Waals surface area (Å²) in [4.78, 5) is 22.9. The molecule has 0 unspecified atom stereocenters. The number of pyridine rings is 2. The Bertz CT molecular complexity index is 1670. The molecule has 0 radical (unpaired) electrons. The number of benzene rings is 2. The third kappa shape index (κ3) is 4.51. The van der Waals surface area contributed by atoms with Gasteiger partial charge in [-0.1, -0.05) is 6.07 Å². The summed E-state index contributed by atoms with van der Waals surface area (Å²) in [7, 11) is -2.24. The van der Waals surface area contributed by atoms with Crippen LogP contribution in [0.4, 0.5) is 11.5 Å². The van der Waals surface area contributed by atoms with E-state index >= 15 is 0 Å². The topological polar surface area (TPSA) is 124 Å². The van der Waals surface area contributed by atoms with Gasteiger partial charge in [-0.3, -0.25) is 9.52 Å². The summed E-state index contributed by atoms with van der Waals surface area (Å²) in [5, 5.41) is 0.694. The van der Waals surface area contributed by atoms with Crippen LogP contribution in [0.5, 0.6) is 5.75 Å². The largest absolute Gasteiger partial charge is 0.497 e. The number of fused-ring (bicyclic) bond motifs is 1. The molecule has 0 amide bonds. The van der Waals surface area contributed by atoms with Gasteiger partial charge in [-0.25, -0.2) is 18.4 Å². The number of methoxy groups -OCH3 is 1. The number of rotatable bonds is 7. The summed E-state index contributed by atoms with van der Waals surface area (Å²) < 4.78 is 32.9. The van der Waals surface area contributed by atoms with E-state index in [1.165, 1.54) is 41.8 Å². The molecule has 3 N–H and O–H groups in total. The van der Waals surface area contributed by atoms with Crippen LogP contribution in [0.25, 0.3) is 21.5 Å². The molecule has 3 heterocycles. The van der Waals surface area contributed by atoms with Gasteiger partial charge in [0.05, 0.1) is 23.4 Å².